The van der Waals surface area contributed by atoms with Crippen LogP contribution in [0.2, 0.25) is 0 Å². The molecular weight excluding hydrogens is 500 g/mol. The lowest BCUT2D eigenvalue weighted by atomic mass is 10.0. The van der Waals surface area contributed by atoms with Gasteiger partial charge < -0.3 is 18.9 Å². The third kappa shape index (κ3) is 5.39. The minimum absolute atomic E-state index is 0.561. The molecule has 0 bridgehead atoms. The van der Waals surface area contributed by atoms with Crippen molar-refractivity contribution in [2.75, 3.05) is 13.2 Å². The maximum atomic E-state index is 6.28. The third-order valence-electron chi connectivity index (χ3n) is 7.13. The molecule has 2 aliphatic heterocycles. The molecule has 0 unspecified atom stereocenters. The van der Waals surface area contributed by atoms with E-state index in [4.69, 9.17) is 28.9 Å². The fourth-order valence-electron chi connectivity index (χ4n) is 4.95. The Morgan fingerprint density at radius 1 is 0.525 bits per heavy atom. The lowest BCUT2D eigenvalue weighted by molar-refractivity contribution is 0.306. The lowest BCUT2D eigenvalue weighted by Crippen LogP contribution is -2.15. The van der Waals surface area contributed by atoms with Crippen LogP contribution in [0.1, 0.15) is 63.5 Å². The fourth-order valence-corrected chi connectivity index (χ4v) is 4.95. The third-order valence-corrected chi connectivity index (χ3v) is 7.13. The number of rotatable bonds is 12. The number of hydrogen-bond acceptors (Lipinski definition) is 6. The molecule has 6 heteroatoms. The van der Waals surface area contributed by atoms with E-state index < -0.39 is 0 Å². The van der Waals surface area contributed by atoms with E-state index in [-0.39, 0.29) is 0 Å². The number of unbranched alkanes of at least 4 members (excludes halogenated alkanes) is 4. The van der Waals surface area contributed by atoms with Gasteiger partial charge in [-0.2, -0.15) is 0 Å². The van der Waals surface area contributed by atoms with Crippen LogP contribution >= 0.6 is 0 Å². The van der Waals surface area contributed by atoms with Gasteiger partial charge in [0.25, 0.3) is 0 Å². The molecule has 40 heavy (non-hydrogen) atoms. The topological polar surface area (TPSA) is 61.6 Å². The van der Waals surface area contributed by atoms with Gasteiger partial charge in [0.1, 0.15) is 23.0 Å². The van der Waals surface area contributed by atoms with Crippen molar-refractivity contribution >= 4 is 33.9 Å². The standard InChI is InChI=1S/C34H34N2O4/c1-3-5-7-21-37-25-13-9-23(10-14-25)33-35-27-17-20-30-32-28(18-19-29(39-33)31(27)32)36-34(40-30)24-11-15-26(16-12-24)38-22-8-6-4-2/h9-20H,3-8,21-22H2,1-2H3. The van der Waals surface area contributed by atoms with Gasteiger partial charge in [0.15, 0.2) is 0 Å². The molecule has 204 valence electrons. The van der Waals surface area contributed by atoms with Crippen LogP contribution < -0.4 is 18.9 Å². The Bertz CT molecular complexity index is 1440. The summed E-state index contributed by atoms with van der Waals surface area (Å²) >= 11 is 0. The first-order valence-corrected chi connectivity index (χ1v) is 14.3. The molecule has 0 atom stereocenters. The van der Waals surface area contributed by atoms with E-state index in [1.165, 1.54) is 25.7 Å². The van der Waals surface area contributed by atoms with E-state index in [0.29, 0.717) is 11.8 Å². The van der Waals surface area contributed by atoms with Gasteiger partial charge in [-0.05, 0) is 85.6 Å². The Balaban J connectivity index is 1.22. The molecule has 4 aromatic carbocycles. The molecule has 0 saturated heterocycles. The highest BCUT2D eigenvalue weighted by Gasteiger charge is 2.26. The molecule has 0 spiro atoms. The molecule has 2 aliphatic rings. The second-order valence-corrected chi connectivity index (χ2v) is 10.1. The Morgan fingerprint density at radius 2 is 0.950 bits per heavy atom. The van der Waals surface area contributed by atoms with Gasteiger partial charge in [0.2, 0.25) is 11.8 Å². The molecule has 0 aliphatic carbocycles. The molecule has 2 heterocycles. The van der Waals surface area contributed by atoms with Crippen LogP contribution in [0.15, 0.2) is 82.8 Å². The van der Waals surface area contributed by atoms with Crippen LogP contribution in [0.4, 0.5) is 11.4 Å². The van der Waals surface area contributed by atoms with Crippen molar-refractivity contribution in [2.45, 2.75) is 52.4 Å². The fraction of sp³-hybridized carbons (Fsp3) is 0.294. The van der Waals surface area contributed by atoms with Crippen molar-refractivity contribution in [1.29, 1.82) is 0 Å². The van der Waals surface area contributed by atoms with Crippen LogP contribution in [-0.2, 0) is 0 Å². The molecule has 6 nitrogen and oxygen atoms in total. The molecule has 6 rings (SSSR count). The smallest absolute Gasteiger partial charge is 0.227 e. The van der Waals surface area contributed by atoms with E-state index in [0.717, 1.165) is 82.3 Å². The van der Waals surface area contributed by atoms with Gasteiger partial charge in [-0.3, -0.25) is 0 Å². The zero-order valence-corrected chi connectivity index (χ0v) is 23.1. The summed E-state index contributed by atoms with van der Waals surface area (Å²) in [5, 5.41) is 1.82. The summed E-state index contributed by atoms with van der Waals surface area (Å²) in [4.78, 5) is 9.70. The molecule has 0 N–H and O–H groups in total. The van der Waals surface area contributed by atoms with Gasteiger partial charge in [-0.15, -0.1) is 0 Å². The summed E-state index contributed by atoms with van der Waals surface area (Å²) in [6, 6.07) is 23.7. The van der Waals surface area contributed by atoms with Crippen LogP contribution in [0, 0.1) is 0 Å². The van der Waals surface area contributed by atoms with Gasteiger partial charge in [-0.25, -0.2) is 9.98 Å². The molecule has 0 aromatic heterocycles. The summed E-state index contributed by atoms with van der Waals surface area (Å²) in [6.07, 6.45) is 6.84. The molecule has 0 amide bonds. The summed E-state index contributed by atoms with van der Waals surface area (Å²) in [6.45, 7) is 5.84. The number of ether oxygens (including phenoxy) is 4. The zero-order chi connectivity index (χ0) is 27.3. The number of benzene rings is 4. The highest BCUT2D eigenvalue weighted by molar-refractivity contribution is 6.16. The van der Waals surface area contributed by atoms with E-state index in [9.17, 15) is 0 Å². The maximum Gasteiger partial charge on any atom is 0.227 e. The highest BCUT2D eigenvalue weighted by atomic mass is 16.5. The average Bonchev–Trinajstić information content (AvgIpc) is 3.00. The summed E-state index contributed by atoms with van der Waals surface area (Å²) in [5.74, 6) is 4.32. The molecule has 0 radical (unpaired) electrons. The van der Waals surface area contributed by atoms with E-state index in [1.807, 2.05) is 72.8 Å². The summed E-state index contributed by atoms with van der Waals surface area (Å²) in [7, 11) is 0. The zero-order valence-electron chi connectivity index (χ0n) is 23.1. The normalized spacial score (nSPS) is 13.2. The van der Waals surface area contributed by atoms with Crippen LogP contribution in [0.5, 0.6) is 23.0 Å². The first-order chi connectivity index (χ1) is 19.7. The molecule has 4 aromatic rings. The molecular formula is C34H34N2O4. The Hall–Kier alpha value is -4.32. The van der Waals surface area contributed by atoms with Crippen LogP contribution in [-0.4, -0.2) is 25.0 Å². The maximum absolute atomic E-state index is 6.28. The van der Waals surface area contributed by atoms with E-state index in [1.54, 1.807) is 0 Å². The quantitative estimate of drug-likeness (QED) is 0.170. The minimum atomic E-state index is 0.561. The van der Waals surface area contributed by atoms with Crippen molar-refractivity contribution in [1.82, 2.24) is 0 Å². The predicted molar refractivity (Wildman–Crippen MR) is 161 cm³/mol. The van der Waals surface area contributed by atoms with Crippen molar-refractivity contribution in [3.8, 4) is 23.0 Å². The first kappa shape index (κ1) is 25.9. The predicted octanol–water partition coefficient (Wildman–Crippen LogP) is 8.92. The molecule has 0 fully saturated rings. The Morgan fingerprint density at radius 3 is 1.35 bits per heavy atom. The summed E-state index contributed by atoms with van der Waals surface area (Å²) in [5.41, 5.74) is 3.47. The Labute approximate surface area is 235 Å². The van der Waals surface area contributed by atoms with Crippen LogP contribution in [0.25, 0.3) is 10.8 Å². The summed E-state index contributed by atoms with van der Waals surface area (Å²) < 4.78 is 24.3. The van der Waals surface area contributed by atoms with Gasteiger partial charge in [-0.1, -0.05) is 39.5 Å². The van der Waals surface area contributed by atoms with E-state index >= 15 is 0 Å². The van der Waals surface area contributed by atoms with Crippen molar-refractivity contribution in [3.63, 3.8) is 0 Å². The van der Waals surface area contributed by atoms with Crippen molar-refractivity contribution in [3.05, 3.63) is 83.9 Å². The largest absolute Gasteiger partial charge is 0.494 e. The minimum Gasteiger partial charge on any atom is -0.494 e. The lowest BCUT2D eigenvalue weighted by Gasteiger charge is -2.23. The van der Waals surface area contributed by atoms with Crippen molar-refractivity contribution in [2.24, 2.45) is 9.98 Å². The Kier molecular flexibility index (Phi) is 7.67. The van der Waals surface area contributed by atoms with E-state index in [2.05, 4.69) is 13.8 Å². The molecule has 0 saturated carbocycles. The average molecular weight is 535 g/mol. The first-order valence-electron chi connectivity index (χ1n) is 14.3. The monoisotopic (exact) mass is 534 g/mol. The SMILES string of the molecule is CCCCCOc1ccc(C2=Nc3ccc4c5c(ccc(c35)O2)N=C(c2ccc(OCCCCC)cc2)O4)cc1. The second-order valence-electron chi connectivity index (χ2n) is 10.1. The van der Waals surface area contributed by atoms with Gasteiger partial charge in [0.05, 0.1) is 35.4 Å². The van der Waals surface area contributed by atoms with Gasteiger partial charge in [0, 0.05) is 11.1 Å². The van der Waals surface area contributed by atoms with Crippen molar-refractivity contribution < 1.29 is 18.9 Å². The highest BCUT2D eigenvalue weighted by Crippen LogP contribution is 2.48. The number of aliphatic imine (C=N–C) groups is 2. The second kappa shape index (κ2) is 11.8. The number of nitrogens with zero attached hydrogens (tertiary/aromatic N) is 2. The van der Waals surface area contributed by atoms with Crippen LogP contribution in [0.3, 0.4) is 0 Å². The van der Waals surface area contributed by atoms with Gasteiger partial charge >= 0.3 is 0 Å². The number of hydrogen-bond donors (Lipinski definition) is 0.